The molecule has 0 atom stereocenters. The van der Waals surface area contributed by atoms with Gasteiger partial charge in [0.15, 0.2) is 0 Å². The van der Waals surface area contributed by atoms with Crippen molar-refractivity contribution in [2.24, 2.45) is 71.0 Å². The number of aromatic nitrogens is 4. The molecule has 16 saturated carbocycles. The third-order valence-corrected chi connectivity index (χ3v) is 26.1. The predicted molar refractivity (Wildman–Crippen MR) is 355 cm³/mol. The first-order valence-electron chi connectivity index (χ1n) is 36.1. The van der Waals surface area contributed by atoms with Gasteiger partial charge in [-0.2, -0.15) is 0 Å². The zero-order chi connectivity index (χ0) is 59.1. The second-order valence-electron chi connectivity index (χ2n) is 32.2. The molecule has 4 aromatic rings. The van der Waals surface area contributed by atoms with Gasteiger partial charge in [0, 0.05) is 105 Å². The zero-order valence-electron chi connectivity index (χ0n) is 53.9. The van der Waals surface area contributed by atoms with Crippen molar-refractivity contribution in [2.45, 2.75) is 227 Å². The Bertz CT molecular complexity index is 2770. The van der Waals surface area contributed by atoms with Crippen LogP contribution in [0.2, 0.25) is 0 Å². The van der Waals surface area contributed by atoms with Gasteiger partial charge < -0.3 is 40.5 Å². The summed E-state index contributed by atoms with van der Waals surface area (Å²) < 4.78 is 10.5. The van der Waals surface area contributed by atoms with Crippen molar-refractivity contribution in [1.82, 2.24) is 41.2 Å². The first kappa shape index (κ1) is 60.4. The molecule has 6 heterocycles. The number of thioether (sulfide) groups is 1. The van der Waals surface area contributed by atoms with Gasteiger partial charge in [-0.15, -0.1) is 11.8 Å². The fourth-order valence-corrected chi connectivity index (χ4v) is 23.6. The molecule has 0 amide bonds. The number of hydrogen-bond donors (Lipinski definition) is 4. The normalized spacial score (nSPS) is 37.9. The van der Waals surface area contributed by atoms with E-state index < -0.39 is 0 Å². The zero-order valence-corrected chi connectivity index (χ0v) is 54.7. The Hall–Kier alpha value is -3.85. The molecule has 0 spiro atoms. The second-order valence-corrected chi connectivity index (χ2v) is 33.5. The van der Waals surface area contributed by atoms with Crippen molar-refractivity contribution in [1.29, 1.82) is 0 Å². The second kappa shape index (κ2) is 26.3. The minimum Gasteiger partial charge on any atom is -0.481 e. The Morgan fingerprint density at radius 3 is 0.989 bits per heavy atom. The van der Waals surface area contributed by atoms with Crippen molar-refractivity contribution in [2.75, 3.05) is 62.1 Å². The van der Waals surface area contributed by atoms with Gasteiger partial charge in [-0.3, -0.25) is 0 Å². The smallest absolute Gasteiger partial charge is 0.212 e. The van der Waals surface area contributed by atoms with Gasteiger partial charge in [0.1, 0.15) is 11.6 Å². The highest BCUT2D eigenvalue weighted by atomic mass is 32.2. The monoisotopic (exact) mass is 1210 g/mol. The number of nitrogens with zero attached hydrogens (tertiary/aromatic N) is 6. The van der Waals surface area contributed by atoms with Crippen LogP contribution in [0.25, 0.3) is 0 Å². The van der Waals surface area contributed by atoms with Crippen molar-refractivity contribution in [3.63, 3.8) is 0 Å². The Kier molecular flexibility index (Phi) is 18.0. The van der Waals surface area contributed by atoms with E-state index in [-0.39, 0.29) is 0 Å². The number of ether oxygens (including phenoxy) is 2. The van der Waals surface area contributed by atoms with Gasteiger partial charge in [0.25, 0.3) is 0 Å². The average molecular weight is 1210 g/mol. The maximum absolute atomic E-state index is 5.42. The molecule has 4 aromatic heterocycles. The molecule has 13 heteroatoms. The summed E-state index contributed by atoms with van der Waals surface area (Å²) in [5.74, 6) is 16.2. The van der Waals surface area contributed by atoms with Gasteiger partial charge in [-0.1, -0.05) is 31.2 Å². The van der Waals surface area contributed by atoms with Gasteiger partial charge in [0.05, 0.1) is 25.3 Å². The molecule has 2 aliphatic heterocycles. The lowest BCUT2D eigenvalue weighted by Gasteiger charge is -2.57. The van der Waals surface area contributed by atoms with Crippen LogP contribution in [-0.2, 0) is 30.9 Å². The molecule has 0 radical (unpaired) electrons. The first-order chi connectivity index (χ1) is 43.0. The highest BCUT2D eigenvalue weighted by molar-refractivity contribution is 7.99. The molecule has 88 heavy (non-hydrogen) atoms. The highest BCUT2D eigenvalue weighted by Crippen LogP contribution is 2.59. The summed E-state index contributed by atoms with van der Waals surface area (Å²) >= 11 is 1.82. The summed E-state index contributed by atoms with van der Waals surface area (Å²) in [7, 11) is 1.66. The van der Waals surface area contributed by atoms with Gasteiger partial charge in [0.2, 0.25) is 5.88 Å². The molecule has 22 rings (SSSR count). The fourth-order valence-electron chi connectivity index (χ4n) is 23.0. The van der Waals surface area contributed by atoms with Crippen LogP contribution < -0.4 is 35.8 Å². The van der Waals surface area contributed by atoms with Gasteiger partial charge >= 0.3 is 0 Å². The first-order valence-corrected chi connectivity index (χ1v) is 37.1. The van der Waals surface area contributed by atoms with Crippen LogP contribution in [0.3, 0.4) is 0 Å². The Morgan fingerprint density at radius 1 is 0.409 bits per heavy atom. The molecule has 4 N–H and O–H groups in total. The molecule has 16 bridgehead atoms. The number of anilines is 2. The number of hydrogen-bond acceptors (Lipinski definition) is 13. The highest BCUT2D eigenvalue weighted by Gasteiger charge is 2.54. The van der Waals surface area contributed by atoms with Crippen LogP contribution in [-0.4, -0.2) is 94.3 Å². The lowest BCUT2D eigenvalue weighted by atomic mass is 9.53. The van der Waals surface area contributed by atoms with E-state index in [0.29, 0.717) is 28.0 Å². The molecule has 16 aliphatic carbocycles. The summed E-state index contributed by atoms with van der Waals surface area (Å²) in [6, 6.07) is 17.4. The summed E-state index contributed by atoms with van der Waals surface area (Å²) in [4.78, 5) is 23.0. The van der Waals surface area contributed by atoms with Crippen LogP contribution >= 0.6 is 11.8 Å². The number of methoxy groups -OCH3 is 1. The Morgan fingerprint density at radius 2 is 0.716 bits per heavy atom. The minimum atomic E-state index is 0.439. The molecule has 0 aromatic carbocycles. The lowest BCUT2D eigenvalue weighted by Crippen LogP contribution is -2.58. The molecule has 18 aliphatic rings. The van der Waals surface area contributed by atoms with Crippen LogP contribution in [0, 0.1) is 71.0 Å². The van der Waals surface area contributed by atoms with E-state index in [1.807, 2.05) is 24.0 Å². The van der Waals surface area contributed by atoms with E-state index in [0.717, 1.165) is 140 Å². The van der Waals surface area contributed by atoms with Crippen molar-refractivity contribution in [3.05, 3.63) is 95.6 Å². The molecule has 0 unspecified atom stereocenters. The number of nitrogens with one attached hydrogen (secondary N) is 4. The minimum absolute atomic E-state index is 0.439. The van der Waals surface area contributed by atoms with Gasteiger partial charge in [-0.25, -0.2) is 19.9 Å². The number of morpholine rings is 1. The van der Waals surface area contributed by atoms with Crippen molar-refractivity contribution >= 4 is 23.4 Å². The van der Waals surface area contributed by atoms with E-state index >= 15 is 0 Å². The van der Waals surface area contributed by atoms with Crippen LogP contribution in [0.15, 0.2) is 78.3 Å². The SMILES string of the molecule is CCSc1ccc(CNC23CC4CC(CC(C4)C2)C3)cn1.COc1ccc(CNC23CC4CC(CC(C4)C2)C3)cn1.c1cc(N2CCCC2)ncc1CNC12CC3CC(CC(C3)C1)C2.c1cc(N2CCOCC2)ncc1CNC12CC3CC(CC(C3)C1)C2. The van der Waals surface area contributed by atoms with Crippen LogP contribution in [0.4, 0.5) is 11.6 Å². The lowest BCUT2D eigenvalue weighted by molar-refractivity contribution is -0.0207. The molecule has 18 fully saturated rings. The van der Waals surface area contributed by atoms with E-state index in [4.69, 9.17) is 19.4 Å². The fraction of sp³-hybridized carbons (Fsp3) is 0.733. The standard InChI is InChI=1S/C20H29N3O.C20H29N3.C18H26N2S.C17H24N2O/c1-2-19(23-3-5-24-6-4-23)21-13-15(1)14-22-20-10-16-7-17(11-20)9-18(8-16)12-20;1-2-6-23(5-1)19-4-3-15(13-21-19)14-22-20-10-16-7-17(11-20)9-18(8-16)12-20;1-2-21-17-4-3-13(11-19-17)12-20-18-8-14-5-15(9-18)7-16(6-14)10-18;1-20-16-3-2-12(10-18-16)11-19-17-7-13-4-14(8-17)6-15(5-13)9-17/h1-2,13,16-18,22H,3-12,14H2;3-4,13,16-18,22H,1-2,5-12,14H2;3-4,11,14-16,20H,2,5-10,12H2,1H3;2-3,10,13-15,19H,4-9,11H2,1H3. The van der Waals surface area contributed by atoms with E-state index in [1.165, 1.54) is 208 Å². The average Bonchev–Trinajstić information content (AvgIpc) is 1.07. The van der Waals surface area contributed by atoms with Crippen LogP contribution in [0.5, 0.6) is 5.88 Å². The molecule has 12 nitrogen and oxygen atoms in total. The van der Waals surface area contributed by atoms with Crippen LogP contribution in [0.1, 0.15) is 196 Å². The van der Waals surface area contributed by atoms with Gasteiger partial charge in [-0.05, 0) is 284 Å². The Labute approximate surface area is 533 Å². The van der Waals surface area contributed by atoms with Crippen molar-refractivity contribution < 1.29 is 9.47 Å². The van der Waals surface area contributed by atoms with E-state index in [9.17, 15) is 0 Å². The molecular weight excluding hydrogens is 1100 g/mol. The topological polar surface area (TPSA) is 125 Å². The number of pyridine rings is 4. The molecule has 476 valence electrons. The maximum Gasteiger partial charge on any atom is 0.212 e. The number of rotatable bonds is 17. The maximum atomic E-state index is 5.42. The Balaban J connectivity index is 0.0000000988. The summed E-state index contributed by atoms with van der Waals surface area (Å²) in [5.41, 5.74) is 7.08. The molecular formula is C75H108N10O2S. The molecule has 2 saturated heterocycles. The third-order valence-electron chi connectivity index (χ3n) is 25.3. The largest absolute Gasteiger partial charge is 0.481 e. The van der Waals surface area contributed by atoms with E-state index in [1.54, 1.807) is 7.11 Å². The van der Waals surface area contributed by atoms with E-state index in [2.05, 4.69) is 109 Å². The predicted octanol–water partition coefficient (Wildman–Crippen LogP) is 14.1. The van der Waals surface area contributed by atoms with Crippen molar-refractivity contribution in [3.8, 4) is 5.88 Å². The summed E-state index contributed by atoms with van der Waals surface area (Å²) in [5, 5.41) is 16.9. The third kappa shape index (κ3) is 14.1. The summed E-state index contributed by atoms with van der Waals surface area (Å²) in [6.07, 6.45) is 46.0. The quantitative estimate of drug-likeness (QED) is 0.0751. The summed E-state index contributed by atoms with van der Waals surface area (Å²) in [6.45, 7) is 12.0.